The minimum atomic E-state index is 0. The molecule has 1 saturated heterocycles. The van der Waals surface area contributed by atoms with Crippen LogP contribution < -0.4 is 5.32 Å². The Morgan fingerprint density at radius 1 is 1.38 bits per heavy atom. The van der Waals surface area contributed by atoms with E-state index >= 15 is 0 Å². The van der Waals surface area contributed by atoms with Gasteiger partial charge in [0.1, 0.15) is 0 Å². The predicted molar refractivity (Wildman–Crippen MR) is 99.5 cm³/mol. The number of fused-ring (bicyclic) bond motifs is 1. The maximum Gasteiger partial charge on any atom is 0.193 e. The molecule has 3 rings (SSSR count). The Hall–Kier alpha value is -0.370. The summed E-state index contributed by atoms with van der Waals surface area (Å²) < 4.78 is 0. The van der Waals surface area contributed by atoms with Crippen molar-refractivity contribution in [1.82, 2.24) is 15.2 Å². The van der Waals surface area contributed by atoms with Crippen LogP contribution in [0.2, 0.25) is 0 Å². The van der Waals surface area contributed by atoms with Crippen LogP contribution in [0.1, 0.15) is 35.6 Å². The third kappa shape index (κ3) is 4.09. The second-order valence-corrected chi connectivity index (χ2v) is 7.28. The van der Waals surface area contributed by atoms with Crippen molar-refractivity contribution in [2.75, 3.05) is 20.1 Å². The molecule has 6 heteroatoms. The van der Waals surface area contributed by atoms with Crippen LogP contribution in [0.4, 0.5) is 0 Å². The number of rotatable bonds is 2. The van der Waals surface area contributed by atoms with Gasteiger partial charge in [0, 0.05) is 31.2 Å². The summed E-state index contributed by atoms with van der Waals surface area (Å²) in [4.78, 5) is 12.5. The van der Waals surface area contributed by atoms with Gasteiger partial charge in [-0.25, -0.2) is 4.98 Å². The van der Waals surface area contributed by atoms with Gasteiger partial charge in [-0.15, -0.1) is 35.3 Å². The molecule has 1 aromatic rings. The van der Waals surface area contributed by atoms with Crippen molar-refractivity contribution < 1.29 is 0 Å². The van der Waals surface area contributed by atoms with Crippen LogP contribution in [-0.2, 0) is 6.54 Å². The highest BCUT2D eigenvalue weighted by Gasteiger charge is 2.35. The zero-order valence-corrected chi connectivity index (χ0v) is 16.0. The van der Waals surface area contributed by atoms with E-state index in [1.807, 2.05) is 20.2 Å². The first kappa shape index (κ1) is 17.0. The molecule has 0 radical (unpaired) electrons. The molecule has 118 valence electrons. The number of guanidine groups is 1. The van der Waals surface area contributed by atoms with Gasteiger partial charge in [0.05, 0.1) is 11.6 Å². The summed E-state index contributed by atoms with van der Waals surface area (Å²) >= 11 is 1.76. The minimum Gasteiger partial charge on any atom is -0.351 e. The Kier molecular flexibility index (Phi) is 6.28. The number of hydrogen-bond acceptors (Lipinski definition) is 3. The van der Waals surface area contributed by atoms with Gasteiger partial charge in [-0.1, -0.05) is 12.8 Å². The maximum atomic E-state index is 4.47. The van der Waals surface area contributed by atoms with Crippen molar-refractivity contribution in [2.24, 2.45) is 16.8 Å². The van der Waals surface area contributed by atoms with Crippen LogP contribution in [-0.4, -0.2) is 36.0 Å². The second kappa shape index (κ2) is 7.76. The van der Waals surface area contributed by atoms with E-state index in [2.05, 4.69) is 20.2 Å². The lowest BCUT2D eigenvalue weighted by molar-refractivity contribution is 0.299. The molecule has 0 aromatic carbocycles. The Morgan fingerprint density at radius 3 is 2.57 bits per heavy atom. The lowest BCUT2D eigenvalue weighted by Gasteiger charge is -2.22. The van der Waals surface area contributed by atoms with Crippen molar-refractivity contribution in [1.29, 1.82) is 0 Å². The highest BCUT2D eigenvalue weighted by molar-refractivity contribution is 14.0. The molecule has 2 fully saturated rings. The topological polar surface area (TPSA) is 40.5 Å². The molecule has 2 heterocycles. The lowest BCUT2D eigenvalue weighted by atomic mass is 9.82. The average Bonchev–Trinajstić information content (AvgIpc) is 3.05. The summed E-state index contributed by atoms with van der Waals surface area (Å²) in [5.41, 5.74) is 0. The molecule has 0 bridgehead atoms. The Bertz CT molecular complexity index is 474. The van der Waals surface area contributed by atoms with E-state index in [9.17, 15) is 0 Å². The molecule has 0 amide bonds. The van der Waals surface area contributed by atoms with Crippen molar-refractivity contribution in [3.05, 3.63) is 16.1 Å². The van der Waals surface area contributed by atoms with Gasteiger partial charge in [0.25, 0.3) is 0 Å². The van der Waals surface area contributed by atoms with E-state index < -0.39 is 0 Å². The molecule has 21 heavy (non-hydrogen) atoms. The van der Waals surface area contributed by atoms with E-state index in [0.717, 1.165) is 29.3 Å². The fraction of sp³-hybridized carbons (Fsp3) is 0.733. The smallest absolute Gasteiger partial charge is 0.193 e. The predicted octanol–water partition coefficient (Wildman–Crippen LogP) is 3.27. The molecule has 1 aromatic heterocycles. The van der Waals surface area contributed by atoms with Gasteiger partial charge in [-0.05, 0) is 31.6 Å². The summed E-state index contributed by atoms with van der Waals surface area (Å²) in [6.45, 7) is 5.26. The molecule has 2 aliphatic rings. The average molecular weight is 420 g/mol. The zero-order chi connectivity index (χ0) is 13.9. The fourth-order valence-electron chi connectivity index (χ4n) is 3.56. The number of aryl methyl sites for hydroxylation is 1. The summed E-state index contributed by atoms with van der Waals surface area (Å²) in [5, 5.41) is 4.63. The van der Waals surface area contributed by atoms with Gasteiger partial charge in [0.2, 0.25) is 0 Å². The van der Waals surface area contributed by atoms with Crippen molar-refractivity contribution >= 4 is 41.3 Å². The first-order valence-electron chi connectivity index (χ1n) is 7.63. The fourth-order valence-corrected chi connectivity index (χ4v) is 4.30. The van der Waals surface area contributed by atoms with E-state index in [1.54, 1.807) is 11.3 Å². The van der Waals surface area contributed by atoms with Crippen LogP contribution in [0.25, 0.3) is 0 Å². The molecule has 0 spiro atoms. The van der Waals surface area contributed by atoms with Crippen LogP contribution >= 0.6 is 35.3 Å². The largest absolute Gasteiger partial charge is 0.351 e. The second-order valence-electron chi connectivity index (χ2n) is 5.96. The normalized spacial score (nSPS) is 25.4. The van der Waals surface area contributed by atoms with E-state index in [0.29, 0.717) is 0 Å². The van der Waals surface area contributed by atoms with Crippen LogP contribution in [0.5, 0.6) is 0 Å². The third-order valence-corrected chi connectivity index (χ3v) is 5.49. The monoisotopic (exact) mass is 420 g/mol. The van der Waals surface area contributed by atoms with Gasteiger partial charge in [-0.3, -0.25) is 4.99 Å². The summed E-state index contributed by atoms with van der Waals surface area (Å²) in [7, 11) is 1.89. The first-order valence-corrected chi connectivity index (χ1v) is 8.45. The van der Waals surface area contributed by atoms with E-state index in [4.69, 9.17) is 0 Å². The maximum absolute atomic E-state index is 4.47. The quantitative estimate of drug-likeness (QED) is 0.454. The number of nitrogens with zero attached hydrogens (tertiary/aromatic N) is 3. The molecule has 1 saturated carbocycles. The standard InChI is InChI=1S/C15H24N4S.HI/c1-11-17-7-14(20-11)8-18-15(16-2)19-9-12-5-3-4-6-13(12)10-19;/h7,12-13H,3-6,8-10H2,1-2H3,(H,16,18);1H. The number of hydrogen-bond donors (Lipinski definition) is 1. The van der Waals surface area contributed by atoms with Crippen LogP contribution in [0, 0.1) is 18.8 Å². The summed E-state index contributed by atoms with van der Waals surface area (Å²) in [6, 6.07) is 0. The number of aromatic nitrogens is 1. The van der Waals surface area contributed by atoms with Crippen molar-refractivity contribution in [3.8, 4) is 0 Å². The van der Waals surface area contributed by atoms with Gasteiger partial charge < -0.3 is 10.2 Å². The number of halogens is 1. The molecule has 4 nitrogen and oxygen atoms in total. The molecule has 1 N–H and O–H groups in total. The Labute approximate surface area is 148 Å². The third-order valence-electron chi connectivity index (χ3n) is 4.58. The van der Waals surface area contributed by atoms with Gasteiger partial charge >= 0.3 is 0 Å². The molecular weight excluding hydrogens is 395 g/mol. The Morgan fingerprint density at radius 2 is 2.05 bits per heavy atom. The zero-order valence-electron chi connectivity index (χ0n) is 12.8. The highest BCUT2D eigenvalue weighted by Crippen LogP contribution is 2.35. The summed E-state index contributed by atoms with van der Waals surface area (Å²) in [6.07, 6.45) is 7.62. The highest BCUT2D eigenvalue weighted by atomic mass is 127. The number of nitrogens with one attached hydrogen (secondary N) is 1. The minimum absolute atomic E-state index is 0. The molecule has 1 aliphatic heterocycles. The molecule has 1 aliphatic carbocycles. The SMILES string of the molecule is CN=C(NCc1cnc(C)s1)N1CC2CCCCC2C1.I. The van der Waals surface area contributed by atoms with E-state index in [1.165, 1.54) is 43.6 Å². The molecule has 2 unspecified atom stereocenters. The Balaban J connectivity index is 0.00000161. The van der Waals surface area contributed by atoms with Crippen LogP contribution in [0.15, 0.2) is 11.2 Å². The van der Waals surface area contributed by atoms with E-state index in [-0.39, 0.29) is 24.0 Å². The summed E-state index contributed by atoms with van der Waals surface area (Å²) in [5.74, 6) is 2.85. The molecular formula is C15H25IN4S. The van der Waals surface area contributed by atoms with Crippen molar-refractivity contribution in [3.63, 3.8) is 0 Å². The number of aliphatic imine (C=N–C) groups is 1. The van der Waals surface area contributed by atoms with Gasteiger partial charge in [0.15, 0.2) is 5.96 Å². The van der Waals surface area contributed by atoms with Gasteiger partial charge in [-0.2, -0.15) is 0 Å². The lowest BCUT2D eigenvalue weighted by Crippen LogP contribution is -2.39. The molecule has 2 atom stereocenters. The number of thiazole rings is 1. The number of likely N-dealkylation sites (tertiary alicyclic amines) is 1. The van der Waals surface area contributed by atoms with Crippen LogP contribution in [0.3, 0.4) is 0 Å². The first-order chi connectivity index (χ1) is 9.76. The van der Waals surface area contributed by atoms with Crippen molar-refractivity contribution in [2.45, 2.75) is 39.2 Å².